The summed E-state index contributed by atoms with van der Waals surface area (Å²) in [4.78, 5) is 16.1. The van der Waals surface area contributed by atoms with Crippen molar-refractivity contribution in [2.24, 2.45) is 0 Å². The van der Waals surface area contributed by atoms with E-state index in [1.54, 1.807) is 18.1 Å². The Balaban J connectivity index is 2.30. The van der Waals surface area contributed by atoms with Gasteiger partial charge in [-0.05, 0) is 14.0 Å². The van der Waals surface area contributed by atoms with Crippen LogP contribution >= 0.6 is 0 Å². The summed E-state index contributed by atoms with van der Waals surface area (Å²) in [6, 6.07) is 0. The van der Waals surface area contributed by atoms with Gasteiger partial charge in [0.05, 0.1) is 12.7 Å². The van der Waals surface area contributed by atoms with Crippen LogP contribution in [0.5, 0.6) is 0 Å². The van der Waals surface area contributed by atoms with Crippen LogP contribution in [0.2, 0.25) is 0 Å². The third-order valence-corrected chi connectivity index (χ3v) is 1.78. The number of carboxylic acids is 1. The maximum atomic E-state index is 10.3. The Kier molecular flexibility index (Phi) is 3.64. The second-order valence-electron chi connectivity index (χ2n) is 3.25. The minimum atomic E-state index is -0.823. The number of rotatable bonds is 5. The van der Waals surface area contributed by atoms with Gasteiger partial charge in [0.2, 0.25) is 0 Å². The average molecular weight is 198 g/mol. The average Bonchev–Trinajstić information content (AvgIpc) is 2.47. The second kappa shape index (κ2) is 4.76. The topological polar surface area (TPSA) is 66.6 Å². The third kappa shape index (κ3) is 3.57. The molecule has 0 aliphatic heterocycles. The van der Waals surface area contributed by atoms with E-state index in [4.69, 9.17) is 9.52 Å². The van der Waals surface area contributed by atoms with E-state index < -0.39 is 5.97 Å². The van der Waals surface area contributed by atoms with Crippen LogP contribution < -0.4 is 0 Å². The Labute approximate surface area is 82.4 Å². The largest absolute Gasteiger partial charge is 0.480 e. The first-order valence-electron chi connectivity index (χ1n) is 4.39. The Morgan fingerprint density at radius 3 is 2.93 bits per heavy atom. The van der Waals surface area contributed by atoms with Crippen LogP contribution in [0.4, 0.5) is 0 Å². The van der Waals surface area contributed by atoms with Crippen LogP contribution in [0, 0.1) is 6.92 Å². The molecule has 0 saturated carbocycles. The van der Waals surface area contributed by atoms with Gasteiger partial charge in [-0.1, -0.05) is 0 Å². The van der Waals surface area contributed by atoms with E-state index in [-0.39, 0.29) is 6.54 Å². The van der Waals surface area contributed by atoms with Crippen molar-refractivity contribution in [1.29, 1.82) is 0 Å². The zero-order chi connectivity index (χ0) is 10.6. The molecule has 0 saturated heterocycles. The van der Waals surface area contributed by atoms with Gasteiger partial charge < -0.3 is 9.52 Å². The Hall–Kier alpha value is -1.36. The molecule has 0 aliphatic rings. The van der Waals surface area contributed by atoms with Crippen LogP contribution in [0.1, 0.15) is 11.7 Å². The standard InChI is InChI=1S/C9H14N2O3/c1-7-5-10-8(14-7)3-4-11(2)6-9(12)13/h5H,3-4,6H2,1-2H3,(H,12,13). The molecule has 14 heavy (non-hydrogen) atoms. The molecule has 5 nitrogen and oxygen atoms in total. The number of nitrogens with zero attached hydrogens (tertiary/aromatic N) is 2. The minimum absolute atomic E-state index is 0.0414. The summed E-state index contributed by atoms with van der Waals surface area (Å²) in [6.07, 6.45) is 2.30. The summed E-state index contributed by atoms with van der Waals surface area (Å²) in [5.41, 5.74) is 0. The number of hydrogen-bond acceptors (Lipinski definition) is 4. The molecule has 0 radical (unpaired) electrons. The summed E-state index contributed by atoms with van der Waals surface area (Å²) >= 11 is 0. The van der Waals surface area contributed by atoms with Gasteiger partial charge in [-0.3, -0.25) is 9.69 Å². The summed E-state index contributed by atoms with van der Waals surface area (Å²) < 4.78 is 5.25. The number of oxazole rings is 1. The van der Waals surface area contributed by atoms with Crippen molar-refractivity contribution >= 4 is 5.97 Å². The molecule has 0 unspecified atom stereocenters. The lowest BCUT2D eigenvalue weighted by Crippen LogP contribution is -2.27. The summed E-state index contributed by atoms with van der Waals surface area (Å²) in [5.74, 6) is 0.608. The Bertz CT molecular complexity index is 309. The highest BCUT2D eigenvalue weighted by atomic mass is 16.4. The van der Waals surface area contributed by atoms with Crippen molar-refractivity contribution < 1.29 is 14.3 Å². The number of aryl methyl sites for hydroxylation is 1. The number of carboxylic acid groups (broad SMARTS) is 1. The second-order valence-corrected chi connectivity index (χ2v) is 3.25. The monoisotopic (exact) mass is 198 g/mol. The number of likely N-dealkylation sites (N-methyl/N-ethyl adjacent to an activating group) is 1. The fraction of sp³-hybridized carbons (Fsp3) is 0.556. The molecule has 0 aromatic carbocycles. The van der Waals surface area contributed by atoms with Crippen molar-refractivity contribution in [3.63, 3.8) is 0 Å². The predicted octanol–water partition coefficient (Wildman–Crippen LogP) is 0.542. The van der Waals surface area contributed by atoms with E-state index in [0.717, 1.165) is 5.76 Å². The van der Waals surface area contributed by atoms with Crippen molar-refractivity contribution in [3.05, 3.63) is 17.8 Å². The molecular formula is C9H14N2O3. The van der Waals surface area contributed by atoms with Gasteiger partial charge >= 0.3 is 5.97 Å². The first kappa shape index (κ1) is 10.7. The minimum Gasteiger partial charge on any atom is -0.480 e. The SMILES string of the molecule is Cc1cnc(CCN(C)CC(=O)O)o1. The third-order valence-electron chi connectivity index (χ3n) is 1.78. The fourth-order valence-corrected chi connectivity index (χ4v) is 1.11. The van der Waals surface area contributed by atoms with E-state index >= 15 is 0 Å². The van der Waals surface area contributed by atoms with Crippen molar-refractivity contribution in [2.75, 3.05) is 20.1 Å². The lowest BCUT2D eigenvalue weighted by atomic mass is 10.4. The molecule has 1 aromatic heterocycles. The van der Waals surface area contributed by atoms with Gasteiger partial charge in [-0.2, -0.15) is 0 Å². The summed E-state index contributed by atoms with van der Waals surface area (Å²) in [7, 11) is 1.75. The molecule has 1 heterocycles. The van der Waals surface area contributed by atoms with E-state index in [2.05, 4.69) is 4.98 Å². The number of carbonyl (C=O) groups is 1. The van der Waals surface area contributed by atoms with Gasteiger partial charge in [0, 0.05) is 13.0 Å². The first-order valence-corrected chi connectivity index (χ1v) is 4.39. The highest BCUT2D eigenvalue weighted by molar-refractivity contribution is 5.68. The molecule has 1 rings (SSSR count). The van der Waals surface area contributed by atoms with E-state index in [9.17, 15) is 4.79 Å². The summed E-state index contributed by atoms with van der Waals surface area (Å²) in [6.45, 7) is 2.50. The number of aliphatic carboxylic acids is 1. The van der Waals surface area contributed by atoms with Gasteiger partial charge in [0.25, 0.3) is 0 Å². The van der Waals surface area contributed by atoms with Gasteiger partial charge in [-0.15, -0.1) is 0 Å². The Morgan fingerprint density at radius 1 is 1.71 bits per heavy atom. The summed E-state index contributed by atoms with van der Waals surface area (Å²) in [5, 5.41) is 8.50. The molecule has 0 bridgehead atoms. The van der Waals surface area contributed by atoms with Crippen molar-refractivity contribution in [2.45, 2.75) is 13.3 Å². The van der Waals surface area contributed by atoms with E-state index in [0.29, 0.717) is 18.9 Å². The van der Waals surface area contributed by atoms with Gasteiger partial charge in [0.1, 0.15) is 5.76 Å². The maximum absolute atomic E-state index is 10.3. The van der Waals surface area contributed by atoms with Crippen LogP contribution in [-0.4, -0.2) is 41.1 Å². The maximum Gasteiger partial charge on any atom is 0.317 e. The zero-order valence-corrected chi connectivity index (χ0v) is 8.36. The van der Waals surface area contributed by atoms with E-state index in [1.165, 1.54) is 0 Å². The molecule has 1 N–H and O–H groups in total. The van der Waals surface area contributed by atoms with Crippen LogP contribution in [0.25, 0.3) is 0 Å². The quantitative estimate of drug-likeness (QED) is 0.748. The smallest absolute Gasteiger partial charge is 0.317 e. The highest BCUT2D eigenvalue weighted by Crippen LogP contribution is 2.02. The lowest BCUT2D eigenvalue weighted by Gasteiger charge is -2.11. The van der Waals surface area contributed by atoms with Crippen molar-refractivity contribution in [3.8, 4) is 0 Å². The molecule has 0 spiro atoms. The molecule has 1 aromatic rings. The molecular weight excluding hydrogens is 184 g/mol. The highest BCUT2D eigenvalue weighted by Gasteiger charge is 2.06. The molecule has 0 atom stereocenters. The molecule has 0 fully saturated rings. The molecule has 78 valence electrons. The predicted molar refractivity (Wildman–Crippen MR) is 50.1 cm³/mol. The lowest BCUT2D eigenvalue weighted by molar-refractivity contribution is -0.137. The Morgan fingerprint density at radius 2 is 2.43 bits per heavy atom. The number of hydrogen-bond donors (Lipinski definition) is 1. The fourth-order valence-electron chi connectivity index (χ4n) is 1.11. The number of aromatic nitrogens is 1. The normalized spacial score (nSPS) is 10.8. The van der Waals surface area contributed by atoms with E-state index in [1.807, 2.05) is 6.92 Å². The van der Waals surface area contributed by atoms with Gasteiger partial charge in [0.15, 0.2) is 5.89 Å². The zero-order valence-electron chi connectivity index (χ0n) is 8.36. The molecule has 0 aliphatic carbocycles. The van der Waals surface area contributed by atoms with Crippen LogP contribution in [0.15, 0.2) is 10.6 Å². The molecule has 0 amide bonds. The van der Waals surface area contributed by atoms with Crippen molar-refractivity contribution in [1.82, 2.24) is 9.88 Å². The van der Waals surface area contributed by atoms with Crippen LogP contribution in [0.3, 0.4) is 0 Å². The van der Waals surface area contributed by atoms with Crippen LogP contribution in [-0.2, 0) is 11.2 Å². The van der Waals surface area contributed by atoms with Gasteiger partial charge in [-0.25, -0.2) is 4.98 Å². The molecule has 5 heteroatoms. The first-order chi connectivity index (χ1) is 6.58.